The standard InChI is InChI=1S/C24H26FN7O2/c1-6-18-22(16-8-10-17(25)11-9-16)31(5)30-23(18)28-19-12-20(27-13-26-19)32-15(4)21(14(3)29-32)24(33)34-7-2/h8-13H,6-7H2,1-5H3,(H,26,27,28,30). The molecule has 0 amide bonds. The number of nitrogens with zero attached hydrogens (tertiary/aromatic N) is 6. The molecule has 1 aromatic carbocycles. The summed E-state index contributed by atoms with van der Waals surface area (Å²) in [5, 5.41) is 12.4. The van der Waals surface area contributed by atoms with Crippen LogP contribution >= 0.6 is 0 Å². The number of hydrogen-bond donors (Lipinski definition) is 1. The molecular weight excluding hydrogens is 437 g/mol. The zero-order valence-electron chi connectivity index (χ0n) is 19.8. The normalized spacial score (nSPS) is 11.0. The largest absolute Gasteiger partial charge is 0.462 e. The molecule has 0 unspecified atom stereocenters. The number of anilines is 2. The van der Waals surface area contributed by atoms with Gasteiger partial charge in [-0.05, 0) is 51.5 Å². The summed E-state index contributed by atoms with van der Waals surface area (Å²) in [7, 11) is 1.85. The van der Waals surface area contributed by atoms with E-state index in [4.69, 9.17) is 4.74 Å². The highest BCUT2D eigenvalue weighted by Crippen LogP contribution is 2.31. The summed E-state index contributed by atoms with van der Waals surface area (Å²) in [6.07, 6.45) is 2.13. The zero-order valence-corrected chi connectivity index (χ0v) is 19.8. The molecule has 0 atom stereocenters. The van der Waals surface area contributed by atoms with Crippen LogP contribution in [0.15, 0.2) is 36.7 Å². The number of hydrogen-bond acceptors (Lipinski definition) is 7. The Labute approximate surface area is 196 Å². The Bertz CT molecular complexity index is 1340. The lowest BCUT2D eigenvalue weighted by atomic mass is 10.1. The third kappa shape index (κ3) is 4.26. The van der Waals surface area contributed by atoms with Crippen molar-refractivity contribution >= 4 is 17.6 Å². The van der Waals surface area contributed by atoms with E-state index in [1.807, 2.05) is 14.0 Å². The third-order valence-corrected chi connectivity index (χ3v) is 5.50. The summed E-state index contributed by atoms with van der Waals surface area (Å²) >= 11 is 0. The van der Waals surface area contributed by atoms with E-state index in [1.54, 1.807) is 48.3 Å². The van der Waals surface area contributed by atoms with Gasteiger partial charge in [0.15, 0.2) is 11.6 Å². The monoisotopic (exact) mass is 463 g/mol. The minimum Gasteiger partial charge on any atom is -0.462 e. The van der Waals surface area contributed by atoms with E-state index in [2.05, 4.69) is 25.5 Å². The summed E-state index contributed by atoms with van der Waals surface area (Å²) in [4.78, 5) is 21.0. The SMILES string of the molecule is CCOC(=O)c1c(C)nn(-c2cc(Nc3nn(C)c(-c4ccc(F)cc4)c3CC)ncn2)c1C. The van der Waals surface area contributed by atoms with E-state index < -0.39 is 5.97 Å². The van der Waals surface area contributed by atoms with Gasteiger partial charge in [-0.15, -0.1) is 0 Å². The fourth-order valence-electron chi connectivity index (χ4n) is 3.99. The summed E-state index contributed by atoms with van der Waals surface area (Å²) in [6.45, 7) is 7.64. The maximum atomic E-state index is 13.4. The maximum Gasteiger partial charge on any atom is 0.341 e. The second-order valence-electron chi connectivity index (χ2n) is 7.72. The lowest BCUT2D eigenvalue weighted by Crippen LogP contribution is -2.08. The van der Waals surface area contributed by atoms with Gasteiger partial charge in [-0.2, -0.15) is 10.2 Å². The van der Waals surface area contributed by atoms with E-state index in [-0.39, 0.29) is 12.4 Å². The van der Waals surface area contributed by atoms with Crippen LogP contribution in [0.4, 0.5) is 16.0 Å². The molecule has 4 aromatic rings. The van der Waals surface area contributed by atoms with Crippen molar-refractivity contribution in [3.05, 3.63) is 65.0 Å². The number of esters is 1. The fourth-order valence-corrected chi connectivity index (χ4v) is 3.99. The van der Waals surface area contributed by atoms with Crippen molar-refractivity contribution < 1.29 is 13.9 Å². The number of benzene rings is 1. The summed E-state index contributed by atoms with van der Waals surface area (Å²) in [6, 6.07) is 8.08. The number of ether oxygens (including phenoxy) is 1. The molecule has 0 saturated heterocycles. The average Bonchev–Trinajstić information content (AvgIpc) is 3.29. The van der Waals surface area contributed by atoms with Crippen LogP contribution in [0.5, 0.6) is 0 Å². The number of halogens is 1. The van der Waals surface area contributed by atoms with Crippen LogP contribution < -0.4 is 5.32 Å². The summed E-state index contributed by atoms with van der Waals surface area (Å²) < 4.78 is 21.9. The molecule has 4 rings (SSSR count). The highest BCUT2D eigenvalue weighted by atomic mass is 19.1. The number of nitrogens with one attached hydrogen (secondary N) is 1. The molecule has 10 heteroatoms. The Balaban J connectivity index is 1.68. The van der Waals surface area contributed by atoms with Crippen LogP contribution in [0.1, 0.15) is 41.2 Å². The van der Waals surface area contributed by atoms with Crippen molar-refractivity contribution in [2.24, 2.45) is 7.05 Å². The van der Waals surface area contributed by atoms with Crippen molar-refractivity contribution in [3.63, 3.8) is 0 Å². The van der Waals surface area contributed by atoms with E-state index in [0.717, 1.165) is 16.8 Å². The molecule has 0 aliphatic heterocycles. The second kappa shape index (κ2) is 9.42. The van der Waals surface area contributed by atoms with Crippen LogP contribution in [0.3, 0.4) is 0 Å². The topological polar surface area (TPSA) is 99.8 Å². The first-order chi connectivity index (χ1) is 16.3. The summed E-state index contributed by atoms with van der Waals surface area (Å²) in [5.74, 6) is 0.973. The van der Waals surface area contributed by atoms with Crippen LogP contribution in [-0.2, 0) is 18.2 Å². The van der Waals surface area contributed by atoms with Gasteiger partial charge in [-0.1, -0.05) is 6.92 Å². The molecule has 3 aromatic heterocycles. The van der Waals surface area contributed by atoms with Crippen molar-refractivity contribution in [2.45, 2.75) is 34.1 Å². The molecule has 0 radical (unpaired) electrons. The predicted octanol–water partition coefficient (Wildman–Crippen LogP) is 4.30. The van der Waals surface area contributed by atoms with E-state index in [0.29, 0.717) is 40.8 Å². The van der Waals surface area contributed by atoms with Gasteiger partial charge in [-0.25, -0.2) is 23.8 Å². The number of rotatable bonds is 7. The van der Waals surface area contributed by atoms with Gasteiger partial charge in [0.1, 0.15) is 23.5 Å². The quantitative estimate of drug-likeness (QED) is 0.408. The smallest absolute Gasteiger partial charge is 0.341 e. The third-order valence-electron chi connectivity index (χ3n) is 5.50. The Morgan fingerprint density at radius 2 is 1.85 bits per heavy atom. The lowest BCUT2D eigenvalue weighted by molar-refractivity contribution is 0.0524. The highest BCUT2D eigenvalue weighted by Gasteiger charge is 2.22. The molecule has 34 heavy (non-hydrogen) atoms. The molecule has 0 bridgehead atoms. The first-order valence-corrected chi connectivity index (χ1v) is 11.0. The molecule has 0 spiro atoms. The Kier molecular flexibility index (Phi) is 6.40. The Hall–Kier alpha value is -4.08. The molecule has 9 nitrogen and oxygen atoms in total. The molecule has 0 fully saturated rings. The van der Waals surface area contributed by atoms with E-state index >= 15 is 0 Å². The van der Waals surface area contributed by atoms with Gasteiger partial charge in [0.2, 0.25) is 0 Å². The van der Waals surface area contributed by atoms with Crippen molar-refractivity contribution in [3.8, 4) is 17.1 Å². The molecule has 0 aliphatic rings. The van der Waals surface area contributed by atoms with Gasteiger partial charge in [0.25, 0.3) is 0 Å². The minimum atomic E-state index is -0.412. The van der Waals surface area contributed by atoms with Crippen LogP contribution in [0.2, 0.25) is 0 Å². The first kappa shape index (κ1) is 23.1. The molecule has 0 saturated carbocycles. The molecule has 1 N–H and O–H groups in total. The molecule has 0 aliphatic carbocycles. The predicted molar refractivity (Wildman–Crippen MR) is 126 cm³/mol. The van der Waals surface area contributed by atoms with Crippen molar-refractivity contribution in [1.29, 1.82) is 0 Å². The van der Waals surface area contributed by atoms with Gasteiger partial charge in [-0.3, -0.25) is 4.68 Å². The summed E-state index contributed by atoms with van der Waals surface area (Å²) in [5.41, 5.74) is 4.37. The molecule has 3 heterocycles. The molecular formula is C24H26FN7O2. The highest BCUT2D eigenvalue weighted by molar-refractivity contribution is 5.92. The van der Waals surface area contributed by atoms with Gasteiger partial charge >= 0.3 is 5.97 Å². The van der Waals surface area contributed by atoms with E-state index in [1.165, 1.54) is 18.5 Å². The number of carbonyl (C=O) groups is 1. The average molecular weight is 464 g/mol. The van der Waals surface area contributed by atoms with Crippen molar-refractivity contribution in [2.75, 3.05) is 11.9 Å². The van der Waals surface area contributed by atoms with Crippen LogP contribution in [-0.4, -0.2) is 42.1 Å². The van der Waals surface area contributed by atoms with Gasteiger partial charge in [0.05, 0.1) is 23.7 Å². The molecule has 176 valence electrons. The Morgan fingerprint density at radius 3 is 2.53 bits per heavy atom. The first-order valence-electron chi connectivity index (χ1n) is 11.0. The second-order valence-corrected chi connectivity index (χ2v) is 7.72. The number of aromatic nitrogens is 6. The number of carbonyl (C=O) groups excluding carboxylic acids is 1. The minimum absolute atomic E-state index is 0.286. The van der Waals surface area contributed by atoms with Crippen LogP contribution in [0, 0.1) is 19.7 Å². The fraction of sp³-hybridized carbons (Fsp3) is 0.292. The van der Waals surface area contributed by atoms with Gasteiger partial charge < -0.3 is 10.1 Å². The maximum absolute atomic E-state index is 13.4. The van der Waals surface area contributed by atoms with Crippen LogP contribution in [0.25, 0.3) is 17.1 Å². The lowest BCUT2D eigenvalue weighted by Gasteiger charge is -2.08. The van der Waals surface area contributed by atoms with E-state index in [9.17, 15) is 9.18 Å². The van der Waals surface area contributed by atoms with Crippen molar-refractivity contribution in [1.82, 2.24) is 29.5 Å². The van der Waals surface area contributed by atoms with Gasteiger partial charge in [0, 0.05) is 24.2 Å². The number of aryl methyl sites for hydroxylation is 2. The Morgan fingerprint density at radius 1 is 1.12 bits per heavy atom. The zero-order chi connectivity index (χ0) is 24.4.